The average Bonchev–Trinajstić information content (AvgIpc) is 2.65. The predicted molar refractivity (Wildman–Crippen MR) is 96.2 cm³/mol. The maximum absolute atomic E-state index is 6.15. The van der Waals surface area contributed by atoms with E-state index in [0.29, 0.717) is 0 Å². The van der Waals surface area contributed by atoms with Crippen LogP contribution in [0.5, 0.6) is 0 Å². The van der Waals surface area contributed by atoms with Crippen molar-refractivity contribution in [2.24, 2.45) is 0 Å². The quantitative estimate of drug-likeness (QED) is 0.750. The number of benzene rings is 1. The van der Waals surface area contributed by atoms with Crippen LogP contribution in [-0.2, 0) is 14.7 Å². The van der Waals surface area contributed by atoms with Crippen LogP contribution in [0.15, 0.2) is 30.5 Å². The molecule has 2 aromatic rings. The van der Waals surface area contributed by atoms with E-state index in [0.717, 1.165) is 16.4 Å². The molecule has 4 heteroatoms. The SMILES string of the molecule is CC(C)(C)c1cnc2ccc(B3OC(C)(C)C(C)(C)O3)cc2c1. The molecule has 0 radical (unpaired) electrons. The number of fused-ring (bicyclic) bond motifs is 1. The molecule has 3 rings (SSSR count). The van der Waals surface area contributed by atoms with Gasteiger partial charge in [0.2, 0.25) is 0 Å². The van der Waals surface area contributed by atoms with E-state index in [2.05, 4.69) is 65.6 Å². The molecular weight excluding hydrogens is 285 g/mol. The molecular formula is C19H26BNO2. The zero-order valence-electron chi connectivity index (χ0n) is 15.2. The number of hydrogen-bond acceptors (Lipinski definition) is 3. The molecule has 2 heterocycles. The molecule has 0 amide bonds. The van der Waals surface area contributed by atoms with Crippen molar-refractivity contribution in [2.75, 3.05) is 0 Å². The summed E-state index contributed by atoms with van der Waals surface area (Å²) >= 11 is 0. The summed E-state index contributed by atoms with van der Waals surface area (Å²) in [5.41, 5.74) is 2.72. The summed E-state index contributed by atoms with van der Waals surface area (Å²) in [5, 5.41) is 1.13. The summed E-state index contributed by atoms with van der Waals surface area (Å²) < 4.78 is 12.3. The number of hydrogen-bond donors (Lipinski definition) is 0. The van der Waals surface area contributed by atoms with E-state index in [-0.39, 0.29) is 23.7 Å². The number of rotatable bonds is 1. The fourth-order valence-corrected chi connectivity index (χ4v) is 2.69. The lowest BCUT2D eigenvalue weighted by Crippen LogP contribution is -2.41. The maximum Gasteiger partial charge on any atom is 0.494 e. The first kappa shape index (κ1) is 16.5. The smallest absolute Gasteiger partial charge is 0.399 e. The molecule has 0 aliphatic carbocycles. The topological polar surface area (TPSA) is 31.4 Å². The van der Waals surface area contributed by atoms with Gasteiger partial charge in [-0.05, 0) is 56.3 Å². The third-order valence-electron chi connectivity index (χ3n) is 5.10. The summed E-state index contributed by atoms with van der Waals surface area (Å²) in [6, 6.07) is 8.45. The van der Waals surface area contributed by atoms with Crippen LogP contribution < -0.4 is 5.46 Å². The van der Waals surface area contributed by atoms with Gasteiger partial charge in [-0.1, -0.05) is 32.9 Å². The van der Waals surface area contributed by atoms with Crippen LogP contribution in [0.1, 0.15) is 54.0 Å². The number of nitrogens with zero attached hydrogens (tertiary/aromatic N) is 1. The fraction of sp³-hybridized carbons (Fsp3) is 0.526. The van der Waals surface area contributed by atoms with Crippen molar-refractivity contribution in [2.45, 2.75) is 65.1 Å². The van der Waals surface area contributed by atoms with Crippen molar-refractivity contribution in [1.29, 1.82) is 0 Å². The van der Waals surface area contributed by atoms with E-state index in [1.807, 2.05) is 18.3 Å². The molecule has 0 N–H and O–H groups in total. The Labute approximate surface area is 139 Å². The van der Waals surface area contributed by atoms with Crippen molar-refractivity contribution in [3.63, 3.8) is 0 Å². The zero-order valence-corrected chi connectivity index (χ0v) is 15.2. The predicted octanol–water partition coefficient (Wildman–Crippen LogP) is 3.83. The van der Waals surface area contributed by atoms with Crippen molar-refractivity contribution in [3.05, 3.63) is 36.0 Å². The monoisotopic (exact) mass is 311 g/mol. The molecule has 1 aliphatic heterocycles. The van der Waals surface area contributed by atoms with Gasteiger partial charge in [-0.2, -0.15) is 0 Å². The lowest BCUT2D eigenvalue weighted by Gasteiger charge is -2.32. The summed E-state index contributed by atoms with van der Waals surface area (Å²) in [7, 11) is -0.331. The Kier molecular flexibility index (Phi) is 3.62. The van der Waals surface area contributed by atoms with E-state index in [4.69, 9.17) is 9.31 Å². The largest absolute Gasteiger partial charge is 0.494 e. The molecule has 23 heavy (non-hydrogen) atoms. The minimum Gasteiger partial charge on any atom is -0.399 e. The van der Waals surface area contributed by atoms with Crippen LogP contribution in [0.3, 0.4) is 0 Å². The average molecular weight is 311 g/mol. The Hall–Kier alpha value is -1.39. The first-order valence-electron chi connectivity index (χ1n) is 8.25. The third kappa shape index (κ3) is 2.90. The van der Waals surface area contributed by atoms with E-state index in [9.17, 15) is 0 Å². The van der Waals surface area contributed by atoms with Gasteiger partial charge in [0, 0.05) is 11.6 Å². The van der Waals surface area contributed by atoms with Gasteiger partial charge >= 0.3 is 7.12 Å². The Bertz CT molecular complexity index is 731. The van der Waals surface area contributed by atoms with Gasteiger partial charge in [0.1, 0.15) is 0 Å². The normalized spacial score (nSPS) is 20.2. The Morgan fingerprint density at radius 1 is 0.957 bits per heavy atom. The van der Waals surface area contributed by atoms with Gasteiger partial charge in [0.05, 0.1) is 16.7 Å². The van der Waals surface area contributed by atoms with Crippen LogP contribution >= 0.6 is 0 Å². The van der Waals surface area contributed by atoms with Crippen LogP contribution in [-0.4, -0.2) is 23.3 Å². The Morgan fingerprint density at radius 2 is 1.57 bits per heavy atom. The molecule has 0 atom stereocenters. The van der Waals surface area contributed by atoms with Crippen LogP contribution in [0.4, 0.5) is 0 Å². The van der Waals surface area contributed by atoms with Crippen LogP contribution in [0.25, 0.3) is 10.9 Å². The second-order valence-corrected chi connectivity index (χ2v) is 8.51. The molecule has 122 valence electrons. The highest BCUT2D eigenvalue weighted by Crippen LogP contribution is 2.36. The summed E-state index contributed by atoms with van der Waals surface area (Å²) in [6.07, 6.45) is 1.97. The molecule has 0 unspecified atom stereocenters. The molecule has 0 saturated carbocycles. The van der Waals surface area contributed by atoms with Crippen molar-refractivity contribution in [3.8, 4) is 0 Å². The minimum atomic E-state index is -0.331. The molecule has 3 nitrogen and oxygen atoms in total. The highest BCUT2D eigenvalue weighted by atomic mass is 16.7. The van der Waals surface area contributed by atoms with Crippen molar-refractivity contribution >= 4 is 23.5 Å². The van der Waals surface area contributed by atoms with E-state index >= 15 is 0 Å². The van der Waals surface area contributed by atoms with Crippen LogP contribution in [0, 0.1) is 0 Å². The van der Waals surface area contributed by atoms with E-state index < -0.39 is 0 Å². The highest BCUT2D eigenvalue weighted by Gasteiger charge is 2.51. The van der Waals surface area contributed by atoms with Gasteiger partial charge in [-0.3, -0.25) is 4.98 Å². The van der Waals surface area contributed by atoms with E-state index in [1.54, 1.807) is 0 Å². The third-order valence-corrected chi connectivity index (χ3v) is 5.10. The van der Waals surface area contributed by atoms with Gasteiger partial charge < -0.3 is 9.31 Å². The van der Waals surface area contributed by atoms with E-state index in [1.165, 1.54) is 5.56 Å². The molecule has 1 fully saturated rings. The lowest BCUT2D eigenvalue weighted by molar-refractivity contribution is 0.00578. The van der Waals surface area contributed by atoms with Gasteiger partial charge in [-0.15, -0.1) is 0 Å². The highest BCUT2D eigenvalue weighted by molar-refractivity contribution is 6.62. The second kappa shape index (κ2) is 5.05. The summed E-state index contributed by atoms with van der Waals surface area (Å²) in [4.78, 5) is 4.59. The fourth-order valence-electron chi connectivity index (χ4n) is 2.69. The summed E-state index contributed by atoms with van der Waals surface area (Å²) in [6.45, 7) is 14.9. The maximum atomic E-state index is 6.15. The summed E-state index contributed by atoms with van der Waals surface area (Å²) in [5.74, 6) is 0. The zero-order chi connectivity index (χ0) is 17.0. The molecule has 0 spiro atoms. The lowest BCUT2D eigenvalue weighted by atomic mass is 9.78. The Balaban J connectivity index is 2.00. The van der Waals surface area contributed by atoms with Crippen molar-refractivity contribution in [1.82, 2.24) is 4.98 Å². The number of aromatic nitrogens is 1. The second-order valence-electron chi connectivity index (χ2n) is 8.51. The molecule has 0 bridgehead atoms. The standard InChI is InChI=1S/C19H26BNO2/c1-17(2,3)14-10-13-11-15(8-9-16(13)21-12-14)20-22-18(4,5)19(6,7)23-20/h8-12H,1-7H3. The number of pyridine rings is 1. The molecule has 1 aromatic heterocycles. The first-order valence-corrected chi connectivity index (χ1v) is 8.25. The van der Waals surface area contributed by atoms with Crippen molar-refractivity contribution < 1.29 is 9.31 Å². The van der Waals surface area contributed by atoms with Gasteiger partial charge in [-0.25, -0.2) is 0 Å². The van der Waals surface area contributed by atoms with Crippen LogP contribution in [0.2, 0.25) is 0 Å². The molecule has 1 aromatic carbocycles. The first-order chi connectivity index (χ1) is 10.5. The Morgan fingerprint density at radius 3 is 2.13 bits per heavy atom. The molecule has 1 aliphatic rings. The minimum absolute atomic E-state index is 0.0849. The molecule has 1 saturated heterocycles. The van der Waals surface area contributed by atoms with Gasteiger partial charge in [0.25, 0.3) is 0 Å². The van der Waals surface area contributed by atoms with Gasteiger partial charge in [0.15, 0.2) is 0 Å².